The molecule has 0 aliphatic heterocycles. The van der Waals surface area contributed by atoms with Gasteiger partial charge in [-0.15, -0.1) is 11.3 Å². The summed E-state index contributed by atoms with van der Waals surface area (Å²) in [5, 5.41) is 0.792. The number of hydrogen-bond acceptors (Lipinski definition) is 1. The lowest BCUT2D eigenvalue weighted by Crippen LogP contribution is -1.80. The standard InChI is InChI=1S/C10H8F2S/c1-2-7-5-6-3-4-8(11)9(12)10(6)13-7/h3-5H,2H2,1H3. The molecule has 0 saturated heterocycles. The highest BCUT2D eigenvalue weighted by atomic mass is 32.1. The van der Waals surface area contributed by atoms with Gasteiger partial charge in [-0.3, -0.25) is 0 Å². The molecular formula is C10H8F2S. The van der Waals surface area contributed by atoms with E-state index >= 15 is 0 Å². The van der Waals surface area contributed by atoms with Crippen molar-refractivity contribution in [3.8, 4) is 0 Å². The predicted octanol–water partition coefficient (Wildman–Crippen LogP) is 3.74. The number of aryl methyl sites for hydroxylation is 1. The molecule has 0 bridgehead atoms. The fraction of sp³-hybridized carbons (Fsp3) is 0.200. The SMILES string of the molecule is CCc1cc2ccc(F)c(F)c2s1. The summed E-state index contributed by atoms with van der Waals surface area (Å²) >= 11 is 1.32. The zero-order valence-corrected chi connectivity index (χ0v) is 7.92. The average Bonchev–Trinajstić information content (AvgIpc) is 2.55. The van der Waals surface area contributed by atoms with Gasteiger partial charge in [-0.25, -0.2) is 8.78 Å². The molecule has 0 fully saturated rings. The zero-order chi connectivity index (χ0) is 9.42. The predicted molar refractivity (Wildman–Crippen MR) is 51.1 cm³/mol. The van der Waals surface area contributed by atoms with E-state index in [9.17, 15) is 8.78 Å². The van der Waals surface area contributed by atoms with Crippen LogP contribution in [0.25, 0.3) is 10.1 Å². The van der Waals surface area contributed by atoms with Crippen LogP contribution in [0.4, 0.5) is 8.78 Å². The van der Waals surface area contributed by atoms with E-state index in [-0.39, 0.29) is 0 Å². The first-order valence-corrected chi connectivity index (χ1v) is 4.90. The van der Waals surface area contributed by atoms with E-state index in [0.717, 1.165) is 16.7 Å². The van der Waals surface area contributed by atoms with Gasteiger partial charge in [0.1, 0.15) is 0 Å². The van der Waals surface area contributed by atoms with Crippen LogP contribution in [0, 0.1) is 11.6 Å². The monoisotopic (exact) mass is 198 g/mol. The molecule has 0 aliphatic rings. The number of fused-ring (bicyclic) bond motifs is 1. The summed E-state index contributed by atoms with van der Waals surface area (Å²) in [5.41, 5.74) is 0. The molecule has 1 aromatic heterocycles. The molecule has 0 N–H and O–H groups in total. The first kappa shape index (κ1) is 8.63. The second kappa shape index (κ2) is 3.07. The topological polar surface area (TPSA) is 0 Å². The van der Waals surface area contributed by atoms with Crippen LogP contribution in [0.5, 0.6) is 0 Å². The largest absolute Gasteiger partial charge is 0.204 e. The van der Waals surface area contributed by atoms with Crippen molar-refractivity contribution in [3.63, 3.8) is 0 Å². The molecule has 13 heavy (non-hydrogen) atoms. The van der Waals surface area contributed by atoms with Crippen LogP contribution >= 0.6 is 11.3 Å². The molecule has 68 valence electrons. The fourth-order valence-electron chi connectivity index (χ4n) is 1.27. The van der Waals surface area contributed by atoms with E-state index < -0.39 is 11.6 Å². The Hall–Kier alpha value is -0.960. The molecule has 0 amide bonds. The first-order valence-electron chi connectivity index (χ1n) is 4.08. The van der Waals surface area contributed by atoms with Crippen molar-refractivity contribution in [3.05, 3.63) is 34.7 Å². The van der Waals surface area contributed by atoms with Crippen LogP contribution in [0.1, 0.15) is 11.8 Å². The fourth-order valence-corrected chi connectivity index (χ4v) is 2.30. The summed E-state index contributed by atoms with van der Waals surface area (Å²) in [6, 6.07) is 4.69. The van der Waals surface area contributed by atoms with E-state index in [1.54, 1.807) is 6.07 Å². The molecule has 0 aliphatic carbocycles. The molecule has 0 nitrogen and oxygen atoms in total. The van der Waals surface area contributed by atoms with Gasteiger partial charge < -0.3 is 0 Å². The molecule has 0 radical (unpaired) electrons. The molecule has 0 saturated carbocycles. The minimum atomic E-state index is -0.767. The lowest BCUT2D eigenvalue weighted by molar-refractivity contribution is 0.518. The van der Waals surface area contributed by atoms with E-state index in [0.29, 0.717) is 4.70 Å². The Morgan fingerprint density at radius 1 is 1.31 bits per heavy atom. The van der Waals surface area contributed by atoms with Crippen molar-refractivity contribution in [1.29, 1.82) is 0 Å². The molecule has 0 atom stereocenters. The Morgan fingerprint density at radius 2 is 2.08 bits per heavy atom. The second-order valence-electron chi connectivity index (χ2n) is 2.85. The van der Waals surface area contributed by atoms with E-state index in [1.165, 1.54) is 17.4 Å². The number of thiophene rings is 1. The minimum Gasteiger partial charge on any atom is -0.204 e. The molecule has 1 heterocycles. The van der Waals surface area contributed by atoms with Crippen molar-refractivity contribution in [1.82, 2.24) is 0 Å². The summed E-state index contributed by atoms with van der Waals surface area (Å²) in [4.78, 5) is 1.08. The number of halogens is 2. The van der Waals surface area contributed by atoms with Gasteiger partial charge in [0.25, 0.3) is 0 Å². The summed E-state index contributed by atoms with van der Waals surface area (Å²) in [6.07, 6.45) is 0.862. The van der Waals surface area contributed by atoms with Crippen molar-refractivity contribution >= 4 is 21.4 Å². The molecule has 0 spiro atoms. The van der Waals surface area contributed by atoms with Gasteiger partial charge in [0.05, 0.1) is 4.70 Å². The molecule has 3 heteroatoms. The third kappa shape index (κ3) is 1.33. The third-order valence-electron chi connectivity index (χ3n) is 1.98. The Kier molecular flexibility index (Phi) is 2.04. The third-order valence-corrected chi connectivity index (χ3v) is 3.27. The van der Waals surface area contributed by atoms with Gasteiger partial charge in [-0.1, -0.05) is 13.0 Å². The highest BCUT2D eigenvalue weighted by molar-refractivity contribution is 7.19. The number of hydrogen-bond donors (Lipinski definition) is 0. The van der Waals surface area contributed by atoms with Gasteiger partial charge >= 0.3 is 0 Å². The van der Waals surface area contributed by atoms with Gasteiger partial charge in [-0.2, -0.15) is 0 Å². The smallest absolute Gasteiger partial charge is 0.176 e. The van der Waals surface area contributed by atoms with Crippen molar-refractivity contribution < 1.29 is 8.78 Å². The Balaban J connectivity index is 2.76. The van der Waals surface area contributed by atoms with Crippen LogP contribution in [-0.2, 0) is 6.42 Å². The highest BCUT2D eigenvalue weighted by Crippen LogP contribution is 2.29. The molecular weight excluding hydrogens is 190 g/mol. The summed E-state index contributed by atoms with van der Waals surface area (Å²) < 4.78 is 26.4. The Bertz CT molecular complexity index is 445. The van der Waals surface area contributed by atoms with E-state index in [1.807, 2.05) is 13.0 Å². The number of rotatable bonds is 1. The van der Waals surface area contributed by atoms with Crippen LogP contribution in [-0.4, -0.2) is 0 Å². The van der Waals surface area contributed by atoms with Crippen LogP contribution in [0.2, 0.25) is 0 Å². The Labute approximate surface area is 78.8 Å². The van der Waals surface area contributed by atoms with Gasteiger partial charge in [0, 0.05) is 4.88 Å². The lowest BCUT2D eigenvalue weighted by Gasteiger charge is -1.92. The molecule has 1 aromatic carbocycles. The maximum absolute atomic E-state index is 13.2. The van der Waals surface area contributed by atoms with Crippen LogP contribution in [0.15, 0.2) is 18.2 Å². The van der Waals surface area contributed by atoms with E-state index in [2.05, 4.69) is 0 Å². The second-order valence-corrected chi connectivity index (χ2v) is 3.98. The van der Waals surface area contributed by atoms with Gasteiger partial charge in [0.15, 0.2) is 11.6 Å². The number of benzene rings is 1. The maximum Gasteiger partial charge on any atom is 0.176 e. The van der Waals surface area contributed by atoms with Gasteiger partial charge in [-0.05, 0) is 23.9 Å². The molecule has 2 aromatic rings. The normalized spacial score (nSPS) is 11.0. The maximum atomic E-state index is 13.2. The quantitative estimate of drug-likeness (QED) is 0.654. The van der Waals surface area contributed by atoms with Crippen molar-refractivity contribution in [2.45, 2.75) is 13.3 Å². The van der Waals surface area contributed by atoms with Crippen molar-refractivity contribution in [2.75, 3.05) is 0 Å². The first-order chi connectivity index (χ1) is 6.22. The van der Waals surface area contributed by atoms with Crippen molar-refractivity contribution in [2.24, 2.45) is 0 Å². The summed E-state index contributed by atoms with van der Waals surface area (Å²) in [5.74, 6) is -1.49. The van der Waals surface area contributed by atoms with Crippen LogP contribution < -0.4 is 0 Å². The van der Waals surface area contributed by atoms with Gasteiger partial charge in [0.2, 0.25) is 0 Å². The Morgan fingerprint density at radius 3 is 2.77 bits per heavy atom. The summed E-state index contributed by atoms with van der Waals surface area (Å²) in [7, 11) is 0. The zero-order valence-electron chi connectivity index (χ0n) is 7.10. The van der Waals surface area contributed by atoms with Crippen LogP contribution in [0.3, 0.4) is 0 Å². The minimum absolute atomic E-state index is 0.428. The molecule has 0 unspecified atom stereocenters. The lowest BCUT2D eigenvalue weighted by atomic mass is 10.2. The van der Waals surface area contributed by atoms with E-state index in [4.69, 9.17) is 0 Å². The highest BCUT2D eigenvalue weighted by Gasteiger charge is 2.09. The average molecular weight is 198 g/mol. The molecule has 2 rings (SSSR count). The summed E-state index contributed by atoms with van der Waals surface area (Å²) in [6.45, 7) is 2.00.